The predicted octanol–water partition coefficient (Wildman–Crippen LogP) is -5.54. The second-order valence-electron chi connectivity index (χ2n) is 5.30. The zero-order valence-corrected chi connectivity index (χ0v) is 14.4. The average molecular weight is 335 g/mol. The number of aromatic nitrogens is 4. The maximum Gasteiger partial charge on any atom is 0.292 e. The molecule has 21 heavy (non-hydrogen) atoms. The van der Waals surface area contributed by atoms with Gasteiger partial charge in [0.05, 0.1) is 28.9 Å². The van der Waals surface area contributed by atoms with Crippen molar-refractivity contribution in [3.63, 3.8) is 0 Å². The minimum Gasteiger partial charge on any atom is -1.00 e. The van der Waals surface area contributed by atoms with Gasteiger partial charge in [0.15, 0.2) is 0 Å². The van der Waals surface area contributed by atoms with Gasteiger partial charge in [-0.15, -0.1) is 0 Å². The summed E-state index contributed by atoms with van der Waals surface area (Å²) in [5.41, 5.74) is 13.9. The molecule has 120 valence electrons. The van der Waals surface area contributed by atoms with E-state index < -0.39 is 0 Å². The summed E-state index contributed by atoms with van der Waals surface area (Å²) in [5, 5.41) is 6.68. The molecule has 6 N–H and O–H groups in total. The van der Waals surface area contributed by atoms with E-state index in [-0.39, 0.29) is 30.2 Å². The molecule has 0 amide bonds. The number of anilines is 2. The van der Waals surface area contributed by atoms with Gasteiger partial charge in [-0.1, -0.05) is 0 Å². The van der Waals surface area contributed by atoms with E-state index in [4.69, 9.17) is 11.5 Å². The lowest BCUT2D eigenvalue weighted by Gasteiger charge is -2.19. The van der Waals surface area contributed by atoms with E-state index in [1.54, 1.807) is 0 Å². The summed E-state index contributed by atoms with van der Waals surface area (Å²) in [6, 6.07) is 3.97. The van der Waals surface area contributed by atoms with Crippen LogP contribution in [0.1, 0.15) is 39.1 Å². The molecule has 2 aromatic rings. The van der Waals surface area contributed by atoms with Crippen molar-refractivity contribution in [2.45, 2.75) is 46.2 Å². The molecule has 0 spiro atoms. The van der Waals surface area contributed by atoms with Gasteiger partial charge in [-0.2, -0.15) is 9.36 Å². The highest BCUT2D eigenvalue weighted by molar-refractivity contribution is 5.36. The Balaban J connectivity index is 0.00000200. The standard InChI is InChI=1S/C13H22N6.2ClH/c1-5-18-11(14)7-9(16-18)13(3,4)10-8-12(15)19(6-2)17-10;;/h7-8H,5-6H2,1-4H3,(H4,14,15,16,17);2*1H. The number of aromatic amines is 2. The molecule has 0 atom stereocenters. The van der Waals surface area contributed by atoms with E-state index in [0.29, 0.717) is 0 Å². The third-order valence-corrected chi connectivity index (χ3v) is 3.70. The Hall–Kier alpha value is -1.40. The Morgan fingerprint density at radius 1 is 0.905 bits per heavy atom. The second-order valence-corrected chi connectivity index (χ2v) is 5.30. The number of nitrogens with zero attached hydrogens (tertiary/aromatic N) is 2. The van der Waals surface area contributed by atoms with Crippen LogP contribution < -0.4 is 45.6 Å². The predicted molar refractivity (Wildman–Crippen MR) is 74.3 cm³/mol. The number of halogens is 2. The van der Waals surface area contributed by atoms with E-state index in [0.717, 1.165) is 36.1 Å². The van der Waals surface area contributed by atoms with E-state index in [9.17, 15) is 0 Å². The molecule has 2 rings (SSSR count). The second kappa shape index (κ2) is 7.04. The number of nitrogens with two attached hydrogens (primary N) is 2. The molecule has 8 heteroatoms. The van der Waals surface area contributed by atoms with E-state index >= 15 is 0 Å². The van der Waals surface area contributed by atoms with E-state index in [1.807, 2.05) is 21.5 Å². The van der Waals surface area contributed by atoms with Gasteiger partial charge >= 0.3 is 0 Å². The zero-order valence-electron chi connectivity index (χ0n) is 12.9. The highest BCUT2D eigenvalue weighted by Gasteiger charge is 2.31. The van der Waals surface area contributed by atoms with Crippen LogP contribution in [0.3, 0.4) is 0 Å². The fourth-order valence-corrected chi connectivity index (χ4v) is 2.24. The first-order chi connectivity index (χ1) is 8.90. The summed E-state index contributed by atoms with van der Waals surface area (Å²) in [6.45, 7) is 10.0. The summed E-state index contributed by atoms with van der Waals surface area (Å²) in [7, 11) is 0. The first-order valence-electron chi connectivity index (χ1n) is 6.67. The molecule has 0 saturated carbocycles. The number of aryl methyl sites for hydroxylation is 2. The lowest BCUT2D eigenvalue weighted by molar-refractivity contribution is -0.735. The number of hydrogen-bond donors (Lipinski definition) is 4. The van der Waals surface area contributed by atoms with Gasteiger partial charge in [-0.25, -0.2) is 10.2 Å². The molecule has 0 fully saturated rings. The molecule has 6 nitrogen and oxygen atoms in total. The number of H-pyrrole nitrogens is 2. The molecule has 2 heterocycles. The van der Waals surface area contributed by atoms with Crippen LogP contribution in [0, 0.1) is 0 Å². The van der Waals surface area contributed by atoms with Crippen LogP contribution >= 0.6 is 0 Å². The minimum atomic E-state index is -0.205. The summed E-state index contributed by atoms with van der Waals surface area (Å²) < 4.78 is 3.86. The van der Waals surface area contributed by atoms with Crippen LogP contribution in [0.25, 0.3) is 0 Å². The maximum absolute atomic E-state index is 5.98. The van der Waals surface area contributed by atoms with Crippen molar-refractivity contribution < 1.29 is 34.2 Å². The van der Waals surface area contributed by atoms with Gasteiger partial charge in [-0.3, -0.25) is 11.5 Å². The number of nitrogen functional groups attached to an aromatic ring is 2. The van der Waals surface area contributed by atoms with Crippen LogP contribution in [-0.2, 0) is 18.5 Å². The van der Waals surface area contributed by atoms with Crippen LogP contribution in [-0.4, -0.2) is 10.2 Å². The normalized spacial score (nSPS) is 10.9. The van der Waals surface area contributed by atoms with Crippen molar-refractivity contribution >= 4 is 11.6 Å². The van der Waals surface area contributed by atoms with Gasteiger partial charge in [0, 0.05) is 0 Å². The van der Waals surface area contributed by atoms with Gasteiger partial charge in [0.1, 0.15) is 13.1 Å². The lowest BCUT2D eigenvalue weighted by atomic mass is 9.86. The Labute approximate surface area is 137 Å². The van der Waals surface area contributed by atoms with E-state index in [2.05, 4.69) is 37.9 Å². The van der Waals surface area contributed by atoms with Crippen molar-refractivity contribution in [1.29, 1.82) is 0 Å². The van der Waals surface area contributed by atoms with Gasteiger partial charge in [-0.05, 0) is 27.7 Å². The molecular weight excluding hydrogens is 311 g/mol. The Morgan fingerprint density at radius 2 is 1.24 bits per heavy atom. The molecule has 0 unspecified atom stereocenters. The van der Waals surface area contributed by atoms with Gasteiger partial charge in [0.2, 0.25) is 0 Å². The van der Waals surface area contributed by atoms with Crippen LogP contribution in [0.15, 0.2) is 12.1 Å². The van der Waals surface area contributed by atoms with Gasteiger partial charge in [0.25, 0.3) is 11.6 Å². The van der Waals surface area contributed by atoms with Crippen molar-refractivity contribution in [1.82, 2.24) is 10.2 Å². The third kappa shape index (κ3) is 3.44. The average Bonchev–Trinajstić information content (AvgIpc) is 2.92. The first-order valence-corrected chi connectivity index (χ1v) is 6.67. The number of rotatable bonds is 4. The summed E-state index contributed by atoms with van der Waals surface area (Å²) in [4.78, 5) is 0. The zero-order chi connectivity index (χ0) is 14.2. The Morgan fingerprint density at radius 3 is 1.48 bits per heavy atom. The number of nitrogens with one attached hydrogen (secondary N) is 2. The van der Waals surface area contributed by atoms with Gasteiger partial charge < -0.3 is 24.8 Å². The summed E-state index contributed by atoms with van der Waals surface area (Å²) >= 11 is 0. The molecule has 0 bridgehead atoms. The smallest absolute Gasteiger partial charge is 0.292 e. The van der Waals surface area contributed by atoms with Crippen LogP contribution in [0.4, 0.5) is 11.6 Å². The molecule has 2 aromatic heterocycles. The highest BCUT2D eigenvalue weighted by Crippen LogP contribution is 2.29. The molecule has 0 aliphatic rings. The van der Waals surface area contributed by atoms with E-state index in [1.165, 1.54) is 0 Å². The molecule has 0 aliphatic heterocycles. The fourth-order valence-electron chi connectivity index (χ4n) is 2.24. The van der Waals surface area contributed by atoms with Crippen LogP contribution in [0.5, 0.6) is 0 Å². The summed E-state index contributed by atoms with van der Waals surface area (Å²) in [6.07, 6.45) is 0. The summed E-state index contributed by atoms with van der Waals surface area (Å²) in [5.74, 6) is 1.49. The highest BCUT2D eigenvalue weighted by atomic mass is 35.5. The van der Waals surface area contributed by atoms with Crippen molar-refractivity contribution in [3.8, 4) is 0 Å². The molecule has 0 aromatic carbocycles. The number of hydrogen-bond acceptors (Lipinski definition) is 2. The van der Waals surface area contributed by atoms with Crippen LogP contribution in [0.2, 0.25) is 0 Å². The Kier molecular flexibility index (Phi) is 6.57. The maximum atomic E-state index is 5.98. The monoisotopic (exact) mass is 334 g/mol. The quantitative estimate of drug-likeness (QED) is 0.420. The van der Waals surface area contributed by atoms with Crippen molar-refractivity contribution in [3.05, 3.63) is 23.5 Å². The minimum absolute atomic E-state index is 0. The van der Waals surface area contributed by atoms with Crippen molar-refractivity contribution in [2.75, 3.05) is 11.5 Å². The molecule has 0 radical (unpaired) electrons. The van der Waals surface area contributed by atoms with Crippen molar-refractivity contribution in [2.24, 2.45) is 0 Å². The lowest BCUT2D eigenvalue weighted by Crippen LogP contribution is -3.00. The SMILES string of the molecule is CC[n+]1[nH]c(C(C)(C)c2cc(N)[n+](CC)[nH]2)cc1N.[Cl-].[Cl-]. The first kappa shape index (κ1) is 19.6. The topological polar surface area (TPSA) is 91.4 Å². The molecule has 0 aliphatic carbocycles. The fraction of sp³-hybridized carbons (Fsp3) is 0.538. The Bertz CT molecular complexity index is 537. The third-order valence-electron chi connectivity index (χ3n) is 3.70. The largest absolute Gasteiger partial charge is 1.00 e. The molecular formula is C13H24Cl2N6. The molecule has 0 saturated heterocycles.